The zero-order chi connectivity index (χ0) is 14.4. The van der Waals surface area contributed by atoms with Gasteiger partial charge >= 0.3 is 5.97 Å². The van der Waals surface area contributed by atoms with Gasteiger partial charge in [0.2, 0.25) is 5.91 Å². The molecule has 2 rings (SSSR count). The Morgan fingerprint density at radius 2 is 1.95 bits per heavy atom. The van der Waals surface area contributed by atoms with E-state index in [9.17, 15) is 9.59 Å². The van der Waals surface area contributed by atoms with Crippen molar-refractivity contribution in [2.45, 2.75) is 37.4 Å². The summed E-state index contributed by atoms with van der Waals surface area (Å²) in [5.41, 5.74) is 0.871. The molecule has 1 unspecified atom stereocenters. The number of aromatic carboxylic acids is 1. The Hall–Kier alpha value is -1.49. The Morgan fingerprint density at radius 1 is 1.25 bits per heavy atom. The molecule has 1 amide bonds. The topological polar surface area (TPSA) is 66.4 Å². The number of hydrogen-bond donors (Lipinski definition) is 2. The Kier molecular flexibility index (Phi) is 5.47. The largest absolute Gasteiger partial charge is 0.478 e. The molecule has 0 spiro atoms. The Balaban J connectivity index is 1.66. The van der Waals surface area contributed by atoms with Crippen molar-refractivity contribution < 1.29 is 14.7 Å². The van der Waals surface area contributed by atoms with Crippen molar-refractivity contribution in [1.82, 2.24) is 0 Å². The molecule has 1 heterocycles. The third-order valence-corrected chi connectivity index (χ3v) is 4.80. The molecule has 1 aliphatic rings. The normalized spacial score (nSPS) is 17.3. The first-order chi connectivity index (χ1) is 9.65. The van der Waals surface area contributed by atoms with Crippen LogP contribution in [0.25, 0.3) is 0 Å². The van der Waals surface area contributed by atoms with Gasteiger partial charge in [-0.25, -0.2) is 4.79 Å². The second-order valence-corrected chi connectivity index (χ2v) is 6.37. The number of thioether (sulfide) groups is 1. The van der Waals surface area contributed by atoms with E-state index in [4.69, 9.17) is 5.11 Å². The average molecular weight is 293 g/mol. The maximum Gasteiger partial charge on any atom is 0.335 e. The van der Waals surface area contributed by atoms with Crippen LogP contribution in [0.15, 0.2) is 24.3 Å². The minimum Gasteiger partial charge on any atom is -0.478 e. The molecule has 2 N–H and O–H groups in total. The van der Waals surface area contributed by atoms with Crippen molar-refractivity contribution in [3.05, 3.63) is 29.8 Å². The predicted molar refractivity (Wildman–Crippen MR) is 81.4 cm³/mol. The molecule has 4 nitrogen and oxygen atoms in total. The Labute approximate surface area is 123 Å². The van der Waals surface area contributed by atoms with Crippen molar-refractivity contribution in [2.24, 2.45) is 0 Å². The van der Waals surface area contributed by atoms with Gasteiger partial charge in [0.05, 0.1) is 5.56 Å². The smallest absolute Gasteiger partial charge is 0.335 e. The summed E-state index contributed by atoms with van der Waals surface area (Å²) < 4.78 is 0. The van der Waals surface area contributed by atoms with Gasteiger partial charge in [-0.2, -0.15) is 11.8 Å². The van der Waals surface area contributed by atoms with Crippen LogP contribution >= 0.6 is 11.8 Å². The van der Waals surface area contributed by atoms with Crippen LogP contribution in [0.5, 0.6) is 0 Å². The van der Waals surface area contributed by atoms with Crippen molar-refractivity contribution in [3.8, 4) is 0 Å². The first-order valence-electron chi connectivity index (χ1n) is 6.90. The molecule has 0 aliphatic carbocycles. The minimum absolute atomic E-state index is 0.00524. The van der Waals surface area contributed by atoms with Gasteiger partial charge < -0.3 is 10.4 Å². The summed E-state index contributed by atoms with van der Waals surface area (Å²) in [5.74, 6) is 0.323. The average Bonchev–Trinajstić information content (AvgIpc) is 2.37. The molecular weight excluding hydrogens is 274 g/mol. The van der Waals surface area contributed by atoms with Crippen molar-refractivity contribution >= 4 is 29.3 Å². The number of anilines is 1. The summed E-state index contributed by atoms with van der Waals surface area (Å²) in [6.07, 6.45) is 5.08. The number of carboxylic acid groups (broad SMARTS) is 1. The lowest BCUT2D eigenvalue weighted by Gasteiger charge is -2.24. The molecule has 1 aromatic carbocycles. The molecule has 1 atom stereocenters. The molecule has 0 saturated carbocycles. The number of carboxylic acids is 1. The third kappa shape index (κ3) is 4.56. The lowest BCUT2D eigenvalue weighted by atomic mass is 10.1. The number of unbranched alkanes of at least 4 members (excludes halogenated alkanes) is 1. The van der Waals surface area contributed by atoms with Crippen LogP contribution in [0.1, 0.15) is 42.5 Å². The van der Waals surface area contributed by atoms with Gasteiger partial charge in [0.1, 0.15) is 0 Å². The summed E-state index contributed by atoms with van der Waals surface area (Å²) in [7, 11) is 0. The van der Waals surface area contributed by atoms with E-state index in [-0.39, 0.29) is 11.5 Å². The van der Waals surface area contributed by atoms with Crippen LogP contribution in [0.3, 0.4) is 0 Å². The van der Waals surface area contributed by atoms with E-state index >= 15 is 0 Å². The van der Waals surface area contributed by atoms with Crippen LogP contribution in [-0.2, 0) is 4.79 Å². The van der Waals surface area contributed by atoms with Crippen LogP contribution in [0.4, 0.5) is 5.69 Å². The number of hydrogen-bond acceptors (Lipinski definition) is 3. The van der Waals surface area contributed by atoms with Gasteiger partial charge in [-0.15, -0.1) is 0 Å². The second kappa shape index (κ2) is 7.33. The summed E-state index contributed by atoms with van der Waals surface area (Å²) >= 11 is 2.02. The third-order valence-electron chi connectivity index (χ3n) is 3.39. The van der Waals surface area contributed by atoms with Crippen LogP contribution in [0, 0.1) is 0 Å². The quantitative estimate of drug-likeness (QED) is 0.756. The van der Waals surface area contributed by atoms with Crippen molar-refractivity contribution in [3.63, 3.8) is 0 Å². The van der Waals surface area contributed by atoms with Gasteiger partial charge in [-0.3, -0.25) is 4.79 Å². The molecule has 20 heavy (non-hydrogen) atoms. The molecule has 1 saturated heterocycles. The molecular formula is C15H19NO3S. The van der Waals surface area contributed by atoms with Gasteiger partial charge in [-0.05, 0) is 49.3 Å². The molecule has 5 heteroatoms. The molecule has 1 aliphatic heterocycles. The van der Waals surface area contributed by atoms with E-state index < -0.39 is 5.97 Å². The predicted octanol–water partition coefficient (Wildman–Crippen LogP) is 3.39. The highest BCUT2D eigenvalue weighted by Gasteiger charge is 2.17. The standard InChI is InChI=1S/C15H19NO3S/c17-14(4-2-1-3-13-9-10-20-13)16-12-7-5-11(6-8-12)15(18)19/h5-8,13H,1-4,9-10H2,(H,16,17)(H,18,19). The first kappa shape index (κ1) is 14.9. The fourth-order valence-electron chi connectivity index (χ4n) is 2.09. The summed E-state index contributed by atoms with van der Waals surface area (Å²) in [4.78, 5) is 22.4. The molecule has 0 bridgehead atoms. The molecule has 108 valence electrons. The first-order valence-corrected chi connectivity index (χ1v) is 7.95. The minimum atomic E-state index is -0.961. The molecule has 0 aromatic heterocycles. The highest BCUT2D eigenvalue weighted by molar-refractivity contribution is 8.01. The van der Waals surface area contributed by atoms with Crippen molar-refractivity contribution in [2.75, 3.05) is 11.1 Å². The van der Waals surface area contributed by atoms with Crippen molar-refractivity contribution in [1.29, 1.82) is 0 Å². The maximum absolute atomic E-state index is 11.7. The Morgan fingerprint density at radius 3 is 2.50 bits per heavy atom. The van der Waals surface area contributed by atoms with E-state index in [0.29, 0.717) is 12.1 Å². The van der Waals surface area contributed by atoms with Gasteiger partial charge in [-0.1, -0.05) is 6.42 Å². The molecule has 1 aromatic rings. The van der Waals surface area contributed by atoms with E-state index in [1.165, 1.54) is 30.7 Å². The second-order valence-electron chi connectivity index (χ2n) is 4.96. The number of amides is 1. The highest BCUT2D eigenvalue weighted by atomic mass is 32.2. The summed E-state index contributed by atoms with van der Waals surface area (Å²) in [5, 5.41) is 12.4. The molecule has 0 radical (unpaired) electrons. The number of carbonyl (C=O) groups is 2. The lowest BCUT2D eigenvalue weighted by molar-refractivity contribution is -0.116. The monoisotopic (exact) mass is 293 g/mol. The van der Waals surface area contributed by atoms with Gasteiger partial charge in [0, 0.05) is 17.4 Å². The van der Waals surface area contributed by atoms with Gasteiger partial charge in [0.15, 0.2) is 0 Å². The fraction of sp³-hybridized carbons (Fsp3) is 0.467. The zero-order valence-corrected chi connectivity index (χ0v) is 12.1. The fourth-order valence-corrected chi connectivity index (χ4v) is 2.99. The van der Waals surface area contributed by atoms with E-state index in [0.717, 1.165) is 18.1 Å². The number of rotatable bonds is 7. The van der Waals surface area contributed by atoms with Crippen LogP contribution in [-0.4, -0.2) is 28.0 Å². The number of nitrogens with one attached hydrogen (secondary N) is 1. The van der Waals surface area contributed by atoms with Crippen LogP contribution in [0.2, 0.25) is 0 Å². The lowest BCUT2D eigenvalue weighted by Crippen LogP contribution is -2.15. The molecule has 1 fully saturated rings. The highest BCUT2D eigenvalue weighted by Crippen LogP contribution is 2.31. The number of carbonyl (C=O) groups excluding carboxylic acids is 1. The van der Waals surface area contributed by atoms with E-state index in [2.05, 4.69) is 5.32 Å². The Bertz CT molecular complexity index is 469. The summed E-state index contributed by atoms with van der Waals surface area (Å²) in [6, 6.07) is 6.22. The zero-order valence-electron chi connectivity index (χ0n) is 11.3. The van der Waals surface area contributed by atoms with E-state index in [1.807, 2.05) is 11.8 Å². The van der Waals surface area contributed by atoms with E-state index in [1.54, 1.807) is 12.1 Å². The summed E-state index contributed by atoms with van der Waals surface area (Å²) in [6.45, 7) is 0. The SMILES string of the molecule is O=C(CCCCC1CCS1)Nc1ccc(C(=O)O)cc1. The number of benzene rings is 1. The maximum atomic E-state index is 11.7. The van der Waals surface area contributed by atoms with Gasteiger partial charge in [0.25, 0.3) is 0 Å². The van der Waals surface area contributed by atoms with Crippen LogP contribution < -0.4 is 5.32 Å².